The van der Waals surface area contributed by atoms with Gasteiger partial charge in [-0.3, -0.25) is 4.98 Å². The maximum absolute atomic E-state index is 9.19. The van der Waals surface area contributed by atoms with Crippen LogP contribution in [0.25, 0.3) is 0 Å². The van der Waals surface area contributed by atoms with Crippen LogP contribution >= 0.6 is 0 Å². The Kier molecular flexibility index (Phi) is 3.26. The van der Waals surface area contributed by atoms with Crippen LogP contribution < -0.4 is 5.59 Å². The highest BCUT2D eigenvalue weighted by Gasteiger charge is 2.52. The first-order valence-electron chi connectivity index (χ1n) is 6.19. The highest BCUT2D eigenvalue weighted by Crippen LogP contribution is 2.36. The van der Waals surface area contributed by atoms with Gasteiger partial charge in [-0.05, 0) is 52.3 Å². The molecule has 18 heavy (non-hydrogen) atoms. The summed E-state index contributed by atoms with van der Waals surface area (Å²) in [6, 6.07) is 3.79. The van der Waals surface area contributed by atoms with Crippen LogP contribution in [0.15, 0.2) is 12.1 Å². The van der Waals surface area contributed by atoms with Gasteiger partial charge >= 0.3 is 7.12 Å². The molecule has 0 bridgehead atoms. The number of hydrogen-bond acceptors (Lipinski definition) is 4. The molecule has 1 aliphatic rings. The van der Waals surface area contributed by atoms with Gasteiger partial charge in [-0.15, -0.1) is 0 Å². The number of hydrogen-bond donors (Lipinski definition) is 1. The van der Waals surface area contributed by atoms with Crippen molar-refractivity contribution in [3.63, 3.8) is 0 Å². The van der Waals surface area contributed by atoms with Gasteiger partial charge in [0.1, 0.15) is 0 Å². The summed E-state index contributed by atoms with van der Waals surface area (Å²) < 4.78 is 11.9. The predicted molar refractivity (Wildman–Crippen MR) is 70.6 cm³/mol. The lowest BCUT2D eigenvalue weighted by Crippen LogP contribution is -2.41. The van der Waals surface area contributed by atoms with Crippen molar-refractivity contribution in [3.05, 3.63) is 23.4 Å². The van der Waals surface area contributed by atoms with Crippen molar-refractivity contribution in [1.29, 1.82) is 0 Å². The zero-order chi connectivity index (χ0) is 13.6. The molecule has 2 rings (SSSR count). The first-order valence-corrected chi connectivity index (χ1v) is 6.19. The van der Waals surface area contributed by atoms with Gasteiger partial charge in [0.15, 0.2) is 0 Å². The molecule has 4 nitrogen and oxygen atoms in total. The maximum atomic E-state index is 9.19. The van der Waals surface area contributed by atoms with Gasteiger partial charge < -0.3 is 14.4 Å². The predicted octanol–water partition coefficient (Wildman–Crippen LogP) is 1.18. The largest absolute Gasteiger partial charge is 0.514 e. The van der Waals surface area contributed by atoms with Crippen LogP contribution in [-0.4, -0.2) is 28.4 Å². The average molecular weight is 249 g/mol. The lowest BCUT2D eigenvalue weighted by Gasteiger charge is -2.32. The second-order valence-corrected chi connectivity index (χ2v) is 5.81. The van der Waals surface area contributed by atoms with E-state index in [9.17, 15) is 5.11 Å². The Hall–Kier alpha value is -0.905. The van der Waals surface area contributed by atoms with Crippen LogP contribution in [0.4, 0.5) is 0 Å². The fourth-order valence-electron chi connectivity index (χ4n) is 1.93. The number of rotatable bonds is 2. The van der Waals surface area contributed by atoms with Crippen molar-refractivity contribution < 1.29 is 14.4 Å². The van der Waals surface area contributed by atoms with E-state index in [1.54, 1.807) is 0 Å². The van der Waals surface area contributed by atoms with Gasteiger partial charge in [0, 0.05) is 0 Å². The van der Waals surface area contributed by atoms with E-state index in [-0.39, 0.29) is 17.8 Å². The molecule has 1 aromatic rings. The van der Waals surface area contributed by atoms with Gasteiger partial charge in [-0.25, -0.2) is 0 Å². The van der Waals surface area contributed by atoms with E-state index in [2.05, 4.69) is 4.98 Å². The third kappa shape index (κ3) is 2.30. The number of aliphatic hydroxyl groups is 1. The highest BCUT2D eigenvalue weighted by molar-refractivity contribution is 6.61. The summed E-state index contributed by atoms with van der Waals surface area (Å²) in [5.41, 5.74) is 1.65. The van der Waals surface area contributed by atoms with Crippen molar-refractivity contribution in [1.82, 2.24) is 4.98 Å². The minimum Gasteiger partial charge on any atom is -0.398 e. The van der Waals surface area contributed by atoms with E-state index in [0.717, 1.165) is 11.2 Å². The molecular formula is C13H20BNO3. The minimum atomic E-state index is -0.472. The van der Waals surface area contributed by atoms with E-state index in [1.165, 1.54) is 0 Å². The fourth-order valence-corrected chi connectivity index (χ4v) is 1.93. The molecule has 98 valence electrons. The Balaban J connectivity index is 2.32. The molecule has 0 atom stereocenters. The maximum Gasteiger partial charge on any atom is 0.514 e. The molecule has 0 aromatic carbocycles. The van der Waals surface area contributed by atoms with Gasteiger partial charge in [-0.2, -0.15) is 0 Å². The summed E-state index contributed by atoms with van der Waals surface area (Å²) in [5, 5.41) is 9.19. The number of nitrogens with zero attached hydrogens (tertiary/aromatic N) is 1. The molecule has 1 fully saturated rings. The first kappa shape index (κ1) is 13.5. The number of pyridine rings is 1. The molecule has 0 amide bonds. The Morgan fingerprint density at radius 2 is 1.72 bits per heavy atom. The second-order valence-electron chi connectivity index (χ2n) is 5.81. The summed E-state index contributed by atoms with van der Waals surface area (Å²) in [4.78, 5) is 4.37. The minimum absolute atomic E-state index is 0.0752. The van der Waals surface area contributed by atoms with E-state index >= 15 is 0 Å². The molecular weight excluding hydrogens is 229 g/mol. The molecule has 0 unspecified atom stereocenters. The lowest BCUT2D eigenvalue weighted by atomic mass is 9.83. The van der Waals surface area contributed by atoms with Gasteiger partial charge in [0.2, 0.25) is 0 Å². The normalized spacial score (nSPS) is 21.3. The molecule has 2 heterocycles. The molecule has 1 aliphatic heterocycles. The van der Waals surface area contributed by atoms with Crippen LogP contribution in [0.3, 0.4) is 0 Å². The monoisotopic (exact) mass is 249 g/mol. The number of aryl methyl sites for hydroxylation is 1. The standard InChI is InChI=1S/C13H20BNO3/c1-9-6-10(8-16)15-11(7-9)14-17-12(2,3)13(4,5)18-14/h6-7,16H,8H2,1-5H3. The molecule has 0 radical (unpaired) electrons. The highest BCUT2D eigenvalue weighted by atomic mass is 16.7. The van der Waals surface area contributed by atoms with E-state index in [0.29, 0.717) is 5.69 Å². The van der Waals surface area contributed by atoms with Crippen LogP contribution in [0.5, 0.6) is 0 Å². The Bertz CT molecular complexity index is 444. The van der Waals surface area contributed by atoms with E-state index < -0.39 is 7.12 Å². The van der Waals surface area contributed by atoms with Crippen LogP contribution in [-0.2, 0) is 15.9 Å². The fraction of sp³-hybridized carbons (Fsp3) is 0.615. The quantitative estimate of drug-likeness (QED) is 0.799. The van der Waals surface area contributed by atoms with Crippen LogP contribution in [0.2, 0.25) is 0 Å². The van der Waals surface area contributed by atoms with E-state index in [4.69, 9.17) is 9.31 Å². The number of aromatic nitrogens is 1. The molecule has 0 aliphatic carbocycles. The summed E-state index contributed by atoms with van der Waals surface area (Å²) in [7, 11) is -0.472. The van der Waals surface area contributed by atoms with Crippen molar-refractivity contribution in [2.75, 3.05) is 0 Å². The summed E-state index contributed by atoms with van der Waals surface area (Å²) in [6.07, 6.45) is 0. The Labute approximate surface area is 108 Å². The van der Waals surface area contributed by atoms with Crippen molar-refractivity contribution in [3.8, 4) is 0 Å². The molecule has 0 saturated carbocycles. The molecule has 1 N–H and O–H groups in total. The Morgan fingerprint density at radius 1 is 1.17 bits per heavy atom. The van der Waals surface area contributed by atoms with Crippen molar-refractivity contribution in [2.45, 2.75) is 52.4 Å². The van der Waals surface area contributed by atoms with Crippen molar-refractivity contribution >= 4 is 12.7 Å². The summed E-state index contributed by atoms with van der Waals surface area (Å²) >= 11 is 0. The van der Waals surface area contributed by atoms with Crippen LogP contribution in [0.1, 0.15) is 39.0 Å². The van der Waals surface area contributed by atoms with Gasteiger partial charge in [0.05, 0.1) is 29.1 Å². The van der Waals surface area contributed by atoms with Gasteiger partial charge in [0.25, 0.3) is 0 Å². The third-order valence-corrected chi connectivity index (χ3v) is 3.70. The third-order valence-electron chi connectivity index (χ3n) is 3.70. The molecule has 1 aromatic heterocycles. The van der Waals surface area contributed by atoms with Crippen LogP contribution in [0, 0.1) is 6.92 Å². The smallest absolute Gasteiger partial charge is 0.398 e. The summed E-state index contributed by atoms with van der Waals surface area (Å²) in [5.74, 6) is 0. The van der Waals surface area contributed by atoms with Crippen molar-refractivity contribution in [2.24, 2.45) is 0 Å². The number of aliphatic hydroxyl groups excluding tert-OH is 1. The molecule has 5 heteroatoms. The SMILES string of the molecule is Cc1cc(CO)nc(B2OC(C)(C)C(C)(C)O2)c1. The Morgan fingerprint density at radius 3 is 2.22 bits per heavy atom. The average Bonchev–Trinajstić information content (AvgIpc) is 2.47. The van der Waals surface area contributed by atoms with Gasteiger partial charge in [-0.1, -0.05) is 0 Å². The molecule has 0 spiro atoms. The molecule has 1 saturated heterocycles. The topological polar surface area (TPSA) is 51.6 Å². The zero-order valence-electron chi connectivity index (χ0n) is 11.7. The first-order chi connectivity index (χ1) is 8.25. The zero-order valence-corrected chi connectivity index (χ0v) is 11.7. The lowest BCUT2D eigenvalue weighted by molar-refractivity contribution is 0.00578. The summed E-state index contributed by atoms with van der Waals surface area (Å²) in [6.45, 7) is 9.93. The van der Waals surface area contributed by atoms with E-state index in [1.807, 2.05) is 46.8 Å². The second kappa shape index (κ2) is 4.33.